The van der Waals surface area contributed by atoms with Crippen LogP contribution in [-0.4, -0.2) is 25.7 Å². The van der Waals surface area contributed by atoms with Crippen molar-refractivity contribution in [2.45, 2.75) is 40.0 Å². The van der Waals surface area contributed by atoms with E-state index in [1.54, 1.807) is 0 Å². The maximum Gasteiger partial charge on any atom is 0.312 e. The van der Waals surface area contributed by atoms with Crippen LogP contribution in [0, 0.1) is 5.41 Å². The topological polar surface area (TPSA) is 38.3 Å². The minimum atomic E-state index is -0.436. The summed E-state index contributed by atoms with van der Waals surface area (Å²) >= 11 is 0. The normalized spacial score (nSPS) is 11.2. The standard InChI is InChI=1S/C13H25NO2/c1-5-7-8-9-10-14-11-13(3,4)12(15)16-6-2/h5,14H,1,6-11H2,2-4H3. The van der Waals surface area contributed by atoms with Crippen molar-refractivity contribution in [2.24, 2.45) is 5.41 Å². The van der Waals surface area contributed by atoms with Crippen LogP contribution in [0.4, 0.5) is 0 Å². The molecule has 0 amide bonds. The van der Waals surface area contributed by atoms with Gasteiger partial charge in [-0.15, -0.1) is 6.58 Å². The number of carbonyl (C=O) groups is 1. The largest absolute Gasteiger partial charge is 0.466 e. The molecule has 0 spiro atoms. The van der Waals surface area contributed by atoms with E-state index >= 15 is 0 Å². The Balaban J connectivity index is 3.65. The number of unbranched alkanes of at least 4 members (excludes halogenated alkanes) is 2. The van der Waals surface area contributed by atoms with Crippen LogP contribution in [0.1, 0.15) is 40.0 Å². The third kappa shape index (κ3) is 6.62. The summed E-state index contributed by atoms with van der Waals surface area (Å²) in [5.41, 5.74) is -0.436. The van der Waals surface area contributed by atoms with E-state index in [0.29, 0.717) is 13.2 Å². The van der Waals surface area contributed by atoms with Gasteiger partial charge < -0.3 is 10.1 Å². The number of hydrogen-bond donors (Lipinski definition) is 1. The average molecular weight is 227 g/mol. The highest BCUT2D eigenvalue weighted by Gasteiger charge is 2.28. The van der Waals surface area contributed by atoms with E-state index in [9.17, 15) is 4.79 Å². The van der Waals surface area contributed by atoms with Crippen LogP contribution in [0.15, 0.2) is 12.7 Å². The van der Waals surface area contributed by atoms with E-state index in [1.807, 2.05) is 26.8 Å². The molecule has 16 heavy (non-hydrogen) atoms. The zero-order chi connectivity index (χ0) is 12.4. The Labute approximate surface area is 99.3 Å². The minimum absolute atomic E-state index is 0.131. The Morgan fingerprint density at radius 1 is 1.44 bits per heavy atom. The molecule has 3 nitrogen and oxygen atoms in total. The van der Waals surface area contributed by atoms with Gasteiger partial charge in [0.1, 0.15) is 0 Å². The smallest absolute Gasteiger partial charge is 0.312 e. The molecule has 3 heteroatoms. The highest BCUT2D eigenvalue weighted by Crippen LogP contribution is 2.15. The van der Waals surface area contributed by atoms with E-state index in [-0.39, 0.29) is 5.97 Å². The Morgan fingerprint density at radius 3 is 2.69 bits per heavy atom. The molecule has 94 valence electrons. The second-order valence-electron chi connectivity index (χ2n) is 4.57. The molecule has 0 aliphatic carbocycles. The summed E-state index contributed by atoms with van der Waals surface area (Å²) in [5, 5.41) is 3.29. The first-order valence-corrected chi connectivity index (χ1v) is 6.03. The maximum atomic E-state index is 11.6. The van der Waals surface area contributed by atoms with E-state index in [2.05, 4.69) is 11.9 Å². The van der Waals surface area contributed by atoms with Crippen LogP contribution in [0.2, 0.25) is 0 Å². The van der Waals surface area contributed by atoms with Crippen molar-refractivity contribution in [3.05, 3.63) is 12.7 Å². The number of nitrogens with one attached hydrogen (secondary N) is 1. The molecular weight excluding hydrogens is 202 g/mol. The van der Waals surface area contributed by atoms with E-state index < -0.39 is 5.41 Å². The van der Waals surface area contributed by atoms with Crippen molar-refractivity contribution < 1.29 is 9.53 Å². The molecule has 0 bridgehead atoms. The van der Waals surface area contributed by atoms with Crippen LogP contribution < -0.4 is 5.32 Å². The number of carbonyl (C=O) groups excluding carboxylic acids is 1. The molecule has 0 atom stereocenters. The van der Waals surface area contributed by atoms with Crippen molar-refractivity contribution in [3.8, 4) is 0 Å². The second kappa shape index (κ2) is 8.34. The Hall–Kier alpha value is -0.830. The van der Waals surface area contributed by atoms with E-state index in [4.69, 9.17) is 4.74 Å². The van der Waals surface area contributed by atoms with E-state index in [1.165, 1.54) is 0 Å². The molecule has 0 aromatic rings. The second-order valence-corrected chi connectivity index (χ2v) is 4.57. The van der Waals surface area contributed by atoms with Gasteiger partial charge in [-0.25, -0.2) is 0 Å². The molecule has 0 aliphatic rings. The van der Waals surface area contributed by atoms with Crippen LogP contribution >= 0.6 is 0 Å². The van der Waals surface area contributed by atoms with Crippen molar-refractivity contribution >= 4 is 5.97 Å². The molecule has 0 saturated heterocycles. The van der Waals surface area contributed by atoms with E-state index in [0.717, 1.165) is 25.8 Å². The van der Waals surface area contributed by atoms with Crippen LogP contribution in [-0.2, 0) is 9.53 Å². The van der Waals surface area contributed by atoms with Crippen LogP contribution in [0.3, 0.4) is 0 Å². The predicted octanol–water partition coefficient (Wildman–Crippen LogP) is 2.52. The van der Waals surface area contributed by atoms with Gasteiger partial charge in [0.25, 0.3) is 0 Å². The molecular formula is C13H25NO2. The van der Waals surface area contributed by atoms with Crippen molar-refractivity contribution in [2.75, 3.05) is 19.7 Å². The van der Waals surface area contributed by atoms with Crippen LogP contribution in [0.5, 0.6) is 0 Å². The molecule has 0 aromatic heterocycles. The summed E-state index contributed by atoms with van der Waals surface area (Å²) in [6, 6.07) is 0. The summed E-state index contributed by atoms with van der Waals surface area (Å²) in [5.74, 6) is -0.131. The Morgan fingerprint density at radius 2 is 2.12 bits per heavy atom. The third-order valence-corrected chi connectivity index (χ3v) is 2.41. The SMILES string of the molecule is C=CCCCCNCC(C)(C)C(=O)OCC. The van der Waals surface area contributed by atoms with Gasteiger partial charge in [0, 0.05) is 6.54 Å². The Kier molecular flexibility index (Phi) is 7.90. The fourth-order valence-corrected chi connectivity index (χ4v) is 1.34. The first-order chi connectivity index (χ1) is 7.54. The summed E-state index contributed by atoms with van der Waals surface area (Å²) in [4.78, 5) is 11.6. The summed E-state index contributed by atoms with van der Waals surface area (Å²) in [7, 11) is 0. The number of hydrogen-bond acceptors (Lipinski definition) is 3. The fraction of sp³-hybridized carbons (Fsp3) is 0.769. The molecule has 0 rings (SSSR count). The van der Waals surface area contributed by atoms with Gasteiger partial charge in [-0.1, -0.05) is 6.08 Å². The summed E-state index contributed by atoms with van der Waals surface area (Å²) in [6.07, 6.45) is 5.26. The fourth-order valence-electron chi connectivity index (χ4n) is 1.34. The highest BCUT2D eigenvalue weighted by molar-refractivity contribution is 5.76. The molecule has 0 saturated carbocycles. The monoisotopic (exact) mass is 227 g/mol. The van der Waals surface area contributed by atoms with Gasteiger partial charge in [0.2, 0.25) is 0 Å². The van der Waals surface area contributed by atoms with Gasteiger partial charge in [0.05, 0.1) is 12.0 Å². The molecule has 0 fully saturated rings. The molecule has 1 N–H and O–H groups in total. The third-order valence-electron chi connectivity index (χ3n) is 2.41. The minimum Gasteiger partial charge on any atom is -0.466 e. The first kappa shape index (κ1) is 15.2. The average Bonchev–Trinajstić information content (AvgIpc) is 2.23. The zero-order valence-electron chi connectivity index (χ0n) is 10.8. The summed E-state index contributed by atoms with van der Waals surface area (Å²) < 4.78 is 5.01. The lowest BCUT2D eigenvalue weighted by Crippen LogP contribution is -2.37. The van der Waals surface area contributed by atoms with Gasteiger partial charge in [-0.05, 0) is 46.6 Å². The molecule has 0 unspecified atom stereocenters. The summed E-state index contributed by atoms with van der Waals surface area (Å²) in [6.45, 7) is 11.4. The van der Waals surface area contributed by atoms with Crippen molar-refractivity contribution in [1.82, 2.24) is 5.32 Å². The first-order valence-electron chi connectivity index (χ1n) is 6.03. The molecule has 0 aromatic carbocycles. The molecule has 0 aliphatic heterocycles. The number of rotatable bonds is 9. The van der Waals surface area contributed by atoms with Crippen molar-refractivity contribution in [3.63, 3.8) is 0 Å². The highest BCUT2D eigenvalue weighted by atomic mass is 16.5. The number of esters is 1. The van der Waals surface area contributed by atoms with Gasteiger partial charge in [-0.3, -0.25) is 4.79 Å². The maximum absolute atomic E-state index is 11.6. The number of allylic oxidation sites excluding steroid dienone is 1. The quantitative estimate of drug-likeness (QED) is 0.374. The predicted molar refractivity (Wildman–Crippen MR) is 67.3 cm³/mol. The Bertz CT molecular complexity index is 212. The number of ether oxygens (including phenoxy) is 1. The molecule has 0 radical (unpaired) electrons. The van der Waals surface area contributed by atoms with Crippen LogP contribution in [0.25, 0.3) is 0 Å². The zero-order valence-corrected chi connectivity index (χ0v) is 10.8. The lowest BCUT2D eigenvalue weighted by atomic mass is 9.94. The lowest BCUT2D eigenvalue weighted by Gasteiger charge is -2.22. The van der Waals surface area contributed by atoms with Crippen molar-refractivity contribution in [1.29, 1.82) is 0 Å². The molecule has 0 heterocycles. The lowest BCUT2D eigenvalue weighted by molar-refractivity contribution is -0.153. The van der Waals surface area contributed by atoms with Gasteiger partial charge in [-0.2, -0.15) is 0 Å². The van der Waals surface area contributed by atoms with Gasteiger partial charge >= 0.3 is 5.97 Å². The van der Waals surface area contributed by atoms with Gasteiger partial charge in [0.15, 0.2) is 0 Å².